The number of carbonyl (C=O) groups excluding carboxylic acids is 2. The summed E-state index contributed by atoms with van der Waals surface area (Å²) in [5.41, 5.74) is 1.24. The quantitative estimate of drug-likeness (QED) is 0.503. The first-order valence-electron chi connectivity index (χ1n) is 8.58. The Hall–Kier alpha value is -3.11. The van der Waals surface area contributed by atoms with Crippen LogP contribution in [0.3, 0.4) is 0 Å². The van der Waals surface area contributed by atoms with Gasteiger partial charge in [-0.05, 0) is 61.9 Å². The summed E-state index contributed by atoms with van der Waals surface area (Å²) in [4.78, 5) is 23.9. The number of carbonyl (C=O) groups is 2. The van der Waals surface area contributed by atoms with Gasteiger partial charge in [-0.25, -0.2) is 0 Å². The zero-order valence-electron chi connectivity index (χ0n) is 15.5. The zero-order chi connectivity index (χ0) is 20.5. The molecule has 0 radical (unpaired) electrons. The normalized spacial score (nSPS) is 10.9. The molecule has 0 aliphatic rings. The van der Waals surface area contributed by atoms with Crippen molar-refractivity contribution in [1.82, 2.24) is 5.32 Å². The van der Waals surface area contributed by atoms with E-state index < -0.39 is 5.91 Å². The van der Waals surface area contributed by atoms with Crippen LogP contribution in [0.25, 0.3) is 6.08 Å². The van der Waals surface area contributed by atoms with Crippen molar-refractivity contribution >= 4 is 39.5 Å². The monoisotopic (exact) mass is 441 g/mol. The van der Waals surface area contributed by atoms with E-state index in [2.05, 4.69) is 26.6 Å². The maximum absolute atomic E-state index is 12.3. The molecule has 0 spiro atoms. The van der Waals surface area contributed by atoms with Crippen molar-refractivity contribution in [3.63, 3.8) is 0 Å². The Balaban J connectivity index is 1.99. The Morgan fingerprint density at radius 3 is 2.36 bits per heavy atom. The lowest BCUT2D eigenvalue weighted by atomic mass is 10.1. The summed E-state index contributed by atoms with van der Waals surface area (Å²) >= 11 is 3.32. The number of nitriles is 1. The van der Waals surface area contributed by atoms with Gasteiger partial charge in [-0.1, -0.05) is 28.1 Å². The molecule has 2 rings (SSSR count). The zero-order valence-corrected chi connectivity index (χ0v) is 17.1. The largest absolute Gasteiger partial charge is 0.484 e. The Morgan fingerprint density at radius 2 is 1.79 bits per heavy atom. The van der Waals surface area contributed by atoms with Gasteiger partial charge in [-0.3, -0.25) is 9.59 Å². The molecule has 0 fully saturated rings. The first kappa shape index (κ1) is 21.2. The first-order valence-corrected chi connectivity index (χ1v) is 9.37. The highest BCUT2D eigenvalue weighted by Gasteiger charge is 2.10. The van der Waals surface area contributed by atoms with Crippen LogP contribution in [-0.2, 0) is 9.59 Å². The van der Waals surface area contributed by atoms with Crippen molar-refractivity contribution in [2.24, 2.45) is 0 Å². The summed E-state index contributed by atoms with van der Waals surface area (Å²) in [7, 11) is 0. The molecule has 144 valence electrons. The van der Waals surface area contributed by atoms with Gasteiger partial charge in [0.15, 0.2) is 6.61 Å². The van der Waals surface area contributed by atoms with E-state index in [1.54, 1.807) is 48.5 Å². The third-order valence-electron chi connectivity index (χ3n) is 3.48. The van der Waals surface area contributed by atoms with Crippen LogP contribution >= 0.6 is 15.9 Å². The van der Waals surface area contributed by atoms with Crippen molar-refractivity contribution in [2.75, 3.05) is 11.9 Å². The molecule has 2 N–H and O–H groups in total. The molecule has 6 nitrogen and oxygen atoms in total. The second kappa shape index (κ2) is 10.3. The molecule has 0 aromatic heterocycles. The standard InChI is InChI=1S/C21H20BrN3O3/c1-14(2)24-20(26)13-28-19-9-3-15(4-10-19)11-16(12-23)21(27)25-18-7-5-17(22)6-8-18/h3-11,14H,13H2,1-2H3,(H,24,26)(H,25,27)/b16-11+. The van der Waals surface area contributed by atoms with Crippen LogP contribution in [0.15, 0.2) is 58.6 Å². The lowest BCUT2D eigenvalue weighted by molar-refractivity contribution is -0.123. The number of ether oxygens (including phenoxy) is 1. The van der Waals surface area contributed by atoms with Crippen LogP contribution in [0.5, 0.6) is 5.75 Å². The fourth-order valence-electron chi connectivity index (χ4n) is 2.22. The molecule has 0 saturated carbocycles. The van der Waals surface area contributed by atoms with Gasteiger partial charge >= 0.3 is 0 Å². The highest BCUT2D eigenvalue weighted by Crippen LogP contribution is 2.17. The van der Waals surface area contributed by atoms with Gasteiger partial charge in [0, 0.05) is 16.2 Å². The van der Waals surface area contributed by atoms with Gasteiger partial charge in [0.2, 0.25) is 0 Å². The van der Waals surface area contributed by atoms with Crippen LogP contribution in [0, 0.1) is 11.3 Å². The molecule has 2 amide bonds. The number of amides is 2. The lowest BCUT2D eigenvalue weighted by Gasteiger charge is -2.09. The molecule has 2 aromatic rings. The van der Waals surface area contributed by atoms with E-state index >= 15 is 0 Å². The van der Waals surface area contributed by atoms with Crippen molar-refractivity contribution in [1.29, 1.82) is 5.26 Å². The van der Waals surface area contributed by atoms with Crippen LogP contribution < -0.4 is 15.4 Å². The van der Waals surface area contributed by atoms with E-state index in [0.717, 1.165) is 4.47 Å². The summed E-state index contributed by atoms with van der Waals surface area (Å²) in [6.45, 7) is 3.67. The fraction of sp³-hybridized carbons (Fsp3) is 0.190. The van der Waals surface area contributed by atoms with Crippen LogP contribution in [-0.4, -0.2) is 24.5 Å². The van der Waals surface area contributed by atoms with Crippen LogP contribution in [0.2, 0.25) is 0 Å². The SMILES string of the molecule is CC(C)NC(=O)COc1ccc(/C=C(\C#N)C(=O)Nc2ccc(Br)cc2)cc1. The van der Waals surface area contributed by atoms with Crippen molar-refractivity contribution in [2.45, 2.75) is 19.9 Å². The average molecular weight is 442 g/mol. The minimum Gasteiger partial charge on any atom is -0.484 e. The molecule has 28 heavy (non-hydrogen) atoms. The molecule has 0 saturated heterocycles. The number of nitrogens with zero attached hydrogens (tertiary/aromatic N) is 1. The van der Waals surface area contributed by atoms with E-state index in [0.29, 0.717) is 17.0 Å². The molecule has 0 unspecified atom stereocenters. The smallest absolute Gasteiger partial charge is 0.266 e. The van der Waals surface area contributed by atoms with Crippen molar-refractivity contribution in [3.8, 4) is 11.8 Å². The first-order chi connectivity index (χ1) is 13.4. The molecule has 0 bridgehead atoms. The third-order valence-corrected chi connectivity index (χ3v) is 4.01. The molecule has 0 aliphatic heterocycles. The summed E-state index contributed by atoms with van der Waals surface area (Å²) in [6.07, 6.45) is 1.49. The Morgan fingerprint density at radius 1 is 1.14 bits per heavy atom. The third kappa shape index (κ3) is 6.89. The van der Waals surface area contributed by atoms with Crippen LogP contribution in [0.4, 0.5) is 5.69 Å². The molecule has 0 atom stereocenters. The Kier molecular flexibility index (Phi) is 7.78. The summed E-state index contributed by atoms with van der Waals surface area (Å²) in [5.74, 6) is -0.167. The Labute approximate surface area is 172 Å². The van der Waals surface area contributed by atoms with E-state index in [4.69, 9.17) is 4.74 Å². The highest BCUT2D eigenvalue weighted by atomic mass is 79.9. The van der Waals surface area contributed by atoms with Gasteiger partial charge < -0.3 is 15.4 Å². The molecular formula is C21H20BrN3O3. The number of hydrogen-bond donors (Lipinski definition) is 2. The topological polar surface area (TPSA) is 91.2 Å². The molecule has 0 aliphatic carbocycles. The van der Waals surface area contributed by atoms with Crippen molar-refractivity contribution < 1.29 is 14.3 Å². The van der Waals surface area contributed by atoms with E-state index in [1.807, 2.05) is 19.9 Å². The van der Waals surface area contributed by atoms with Gasteiger partial charge in [-0.2, -0.15) is 5.26 Å². The number of hydrogen-bond acceptors (Lipinski definition) is 4. The number of halogens is 1. The fourth-order valence-corrected chi connectivity index (χ4v) is 2.48. The number of rotatable bonds is 7. The minimum absolute atomic E-state index is 0.0205. The van der Waals surface area contributed by atoms with Gasteiger partial charge in [-0.15, -0.1) is 0 Å². The summed E-state index contributed by atoms with van der Waals surface area (Å²) in [5, 5.41) is 14.7. The summed E-state index contributed by atoms with van der Waals surface area (Å²) < 4.78 is 6.30. The second-order valence-electron chi connectivity index (χ2n) is 6.21. The van der Waals surface area contributed by atoms with Gasteiger partial charge in [0.05, 0.1) is 0 Å². The maximum atomic E-state index is 12.3. The molecule has 0 heterocycles. The van der Waals surface area contributed by atoms with Gasteiger partial charge in [0.1, 0.15) is 17.4 Å². The Bertz CT molecular complexity index is 898. The lowest BCUT2D eigenvalue weighted by Crippen LogP contribution is -2.34. The highest BCUT2D eigenvalue weighted by molar-refractivity contribution is 9.10. The maximum Gasteiger partial charge on any atom is 0.266 e. The van der Waals surface area contributed by atoms with Gasteiger partial charge in [0.25, 0.3) is 11.8 Å². The molecule has 7 heteroatoms. The molecule has 2 aromatic carbocycles. The predicted octanol–water partition coefficient (Wildman–Crippen LogP) is 3.90. The average Bonchev–Trinajstić information content (AvgIpc) is 2.66. The van der Waals surface area contributed by atoms with E-state index in [9.17, 15) is 14.9 Å². The van der Waals surface area contributed by atoms with Crippen LogP contribution in [0.1, 0.15) is 19.4 Å². The predicted molar refractivity (Wildman–Crippen MR) is 112 cm³/mol. The second-order valence-corrected chi connectivity index (χ2v) is 7.13. The van der Waals surface area contributed by atoms with E-state index in [1.165, 1.54) is 6.08 Å². The summed E-state index contributed by atoms with van der Waals surface area (Å²) in [6, 6.07) is 15.8. The van der Waals surface area contributed by atoms with Crippen molar-refractivity contribution in [3.05, 3.63) is 64.1 Å². The number of anilines is 1. The van der Waals surface area contributed by atoms with E-state index in [-0.39, 0.29) is 24.1 Å². The molecular weight excluding hydrogens is 422 g/mol. The minimum atomic E-state index is -0.490. The number of nitrogens with one attached hydrogen (secondary N) is 2. The number of benzene rings is 2.